The number of aromatic amines is 1. The van der Waals surface area contributed by atoms with Gasteiger partial charge in [0.1, 0.15) is 11.5 Å². The first kappa shape index (κ1) is 20.7. The van der Waals surface area contributed by atoms with Crippen LogP contribution >= 0.6 is 0 Å². The molecular weight excluding hydrogens is 370 g/mol. The van der Waals surface area contributed by atoms with Gasteiger partial charge in [0.15, 0.2) is 0 Å². The molecule has 0 aliphatic rings. The van der Waals surface area contributed by atoms with Gasteiger partial charge in [-0.05, 0) is 80.0 Å². The van der Waals surface area contributed by atoms with Gasteiger partial charge in [0, 0.05) is 11.1 Å². The number of benzene rings is 2. The van der Waals surface area contributed by atoms with Crippen molar-refractivity contribution < 1.29 is 8.78 Å². The zero-order chi connectivity index (χ0) is 21.4. The summed E-state index contributed by atoms with van der Waals surface area (Å²) in [5.74, 6) is -0.529. The number of pyridine rings is 1. The Morgan fingerprint density at radius 2 is 1.79 bits per heavy atom. The summed E-state index contributed by atoms with van der Waals surface area (Å²) < 4.78 is 28.4. The van der Waals surface area contributed by atoms with Gasteiger partial charge in [-0.2, -0.15) is 5.26 Å². The van der Waals surface area contributed by atoms with Crippen LogP contribution in [0.25, 0.3) is 10.9 Å². The van der Waals surface area contributed by atoms with E-state index in [-0.39, 0.29) is 17.5 Å². The van der Waals surface area contributed by atoms with Gasteiger partial charge in [-0.15, -0.1) is 0 Å². The zero-order valence-corrected chi connectivity index (χ0v) is 17.1. The Bertz CT molecular complexity index is 1170. The van der Waals surface area contributed by atoms with Crippen LogP contribution in [0.4, 0.5) is 8.78 Å². The molecule has 0 aliphatic heterocycles. The predicted octanol–water partition coefficient (Wildman–Crippen LogP) is 5.46. The van der Waals surface area contributed by atoms with Gasteiger partial charge in [0.2, 0.25) is 0 Å². The van der Waals surface area contributed by atoms with E-state index in [0.29, 0.717) is 28.6 Å². The smallest absolute Gasteiger partial charge is 0.251 e. The van der Waals surface area contributed by atoms with Crippen molar-refractivity contribution in [3.05, 3.63) is 80.9 Å². The number of H-pyrrole nitrogens is 1. The number of aryl methyl sites for hydroxylation is 1. The molecule has 0 fully saturated rings. The van der Waals surface area contributed by atoms with Crippen LogP contribution in [0.15, 0.2) is 47.3 Å². The standard InChI is InChI=1S/C24H24F2N2O/c1-5-16-10-17-6-7-18(12-21(17)28-22(16)29)24(4,14-27)13-15-8-19(23(2,3)26)11-20(25)9-15/h6-12H,5,13H2,1-4H3,(H,28,29). The van der Waals surface area contributed by atoms with Crippen molar-refractivity contribution >= 4 is 10.9 Å². The van der Waals surface area contributed by atoms with E-state index in [1.807, 2.05) is 25.1 Å². The summed E-state index contributed by atoms with van der Waals surface area (Å²) in [4.78, 5) is 15.0. The number of rotatable bonds is 5. The lowest BCUT2D eigenvalue weighted by molar-refractivity contribution is 0.220. The second-order valence-electron chi connectivity index (χ2n) is 8.22. The largest absolute Gasteiger partial charge is 0.322 e. The minimum Gasteiger partial charge on any atom is -0.322 e. The molecule has 150 valence electrons. The highest BCUT2D eigenvalue weighted by molar-refractivity contribution is 5.80. The fraction of sp³-hybridized carbons (Fsp3) is 0.333. The summed E-state index contributed by atoms with van der Waals surface area (Å²) in [6.45, 7) is 6.43. The van der Waals surface area contributed by atoms with Crippen molar-refractivity contribution in [3.8, 4) is 6.07 Å². The molecule has 1 N–H and O–H groups in total. The first-order valence-corrected chi connectivity index (χ1v) is 9.62. The van der Waals surface area contributed by atoms with Crippen molar-refractivity contribution in [1.29, 1.82) is 5.26 Å². The second-order valence-corrected chi connectivity index (χ2v) is 8.22. The average molecular weight is 394 g/mol. The number of fused-ring (bicyclic) bond motifs is 1. The molecule has 0 radical (unpaired) electrons. The molecule has 0 saturated heterocycles. The highest BCUT2D eigenvalue weighted by Gasteiger charge is 2.29. The summed E-state index contributed by atoms with van der Waals surface area (Å²) in [6.07, 6.45) is 0.850. The lowest BCUT2D eigenvalue weighted by Crippen LogP contribution is -2.23. The van der Waals surface area contributed by atoms with E-state index in [0.717, 1.165) is 5.39 Å². The number of nitriles is 1. The minimum absolute atomic E-state index is 0.143. The van der Waals surface area contributed by atoms with E-state index in [9.17, 15) is 18.8 Å². The van der Waals surface area contributed by atoms with Crippen LogP contribution in [-0.2, 0) is 23.9 Å². The highest BCUT2D eigenvalue weighted by Crippen LogP contribution is 2.32. The summed E-state index contributed by atoms with van der Waals surface area (Å²) >= 11 is 0. The number of aromatic nitrogens is 1. The van der Waals surface area contributed by atoms with Crippen molar-refractivity contribution in [2.24, 2.45) is 0 Å². The SMILES string of the molecule is CCc1cc2ccc(C(C)(C#N)Cc3cc(F)cc(C(C)(C)F)c3)cc2[nH]c1=O. The highest BCUT2D eigenvalue weighted by atomic mass is 19.1. The van der Waals surface area contributed by atoms with Crippen LogP contribution in [0, 0.1) is 17.1 Å². The number of halogens is 2. The summed E-state index contributed by atoms with van der Waals surface area (Å²) in [7, 11) is 0. The van der Waals surface area contributed by atoms with Crippen molar-refractivity contribution in [1.82, 2.24) is 4.98 Å². The molecule has 1 atom stereocenters. The molecule has 0 saturated carbocycles. The summed E-state index contributed by atoms with van der Waals surface area (Å²) in [6, 6.07) is 13.8. The van der Waals surface area contributed by atoms with Crippen LogP contribution < -0.4 is 5.56 Å². The topological polar surface area (TPSA) is 56.6 Å². The second kappa shape index (κ2) is 7.44. The Kier molecular flexibility index (Phi) is 5.32. The van der Waals surface area contributed by atoms with Gasteiger partial charge in [0.25, 0.3) is 5.56 Å². The predicted molar refractivity (Wildman–Crippen MR) is 111 cm³/mol. The molecule has 0 amide bonds. The lowest BCUT2D eigenvalue weighted by atomic mass is 9.78. The Hall–Kier alpha value is -3.00. The van der Waals surface area contributed by atoms with E-state index in [2.05, 4.69) is 11.1 Å². The summed E-state index contributed by atoms with van der Waals surface area (Å²) in [5.41, 5.74) is 0.0469. The molecule has 0 spiro atoms. The molecule has 0 bridgehead atoms. The molecule has 3 aromatic rings. The molecule has 29 heavy (non-hydrogen) atoms. The summed E-state index contributed by atoms with van der Waals surface area (Å²) in [5, 5.41) is 10.8. The van der Waals surface area contributed by atoms with Gasteiger partial charge >= 0.3 is 0 Å². The van der Waals surface area contributed by atoms with Gasteiger partial charge < -0.3 is 4.98 Å². The van der Waals surface area contributed by atoms with Crippen LogP contribution in [-0.4, -0.2) is 4.98 Å². The number of nitrogens with zero attached hydrogens (tertiary/aromatic N) is 1. The number of hydrogen-bond acceptors (Lipinski definition) is 2. The molecule has 0 aliphatic carbocycles. The first-order valence-electron chi connectivity index (χ1n) is 9.62. The Morgan fingerprint density at radius 1 is 1.07 bits per heavy atom. The van der Waals surface area contributed by atoms with E-state index < -0.39 is 16.9 Å². The van der Waals surface area contributed by atoms with Crippen molar-refractivity contribution in [2.45, 2.75) is 51.6 Å². The number of alkyl halides is 1. The quantitative estimate of drug-likeness (QED) is 0.625. The fourth-order valence-corrected chi connectivity index (χ4v) is 3.56. The Balaban J connectivity index is 2.05. The van der Waals surface area contributed by atoms with Crippen molar-refractivity contribution in [3.63, 3.8) is 0 Å². The average Bonchev–Trinajstić information content (AvgIpc) is 2.65. The van der Waals surface area contributed by atoms with E-state index in [1.165, 1.54) is 26.0 Å². The van der Waals surface area contributed by atoms with Gasteiger partial charge in [-0.3, -0.25) is 4.79 Å². The molecule has 5 heteroatoms. The van der Waals surface area contributed by atoms with E-state index in [4.69, 9.17) is 0 Å². The minimum atomic E-state index is -1.68. The van der Waals surface area contributed by atoms with Crippen LogP contribution in [0.5, 0.6) is 0 Å². The molecule has 3 rings (SSSR count). The molecule has 1 heterocycles. The molecular formula is C24H24F2N2O. The normalized spacial score (nSPS) is 13.8. The number of nitrogens with one attached hydrogen (secondary N) is 1. The maximum absolute atomic E-state index is 14.3. The van der Waals surface area contributed by atoms with Crippen LogP contribution in [0.1, 0.15) is 49.9 Å². The van der Waals surface area contributed by atoms with Gasteiger partial charge in [0.05, 0.1) is 11.5 Å². The monoisotopic (exact) mass is 394 g/mol. The number of hydrogen-bond donors (Lipinski definition) is 1. The van der Waals surface area contributed by atoms with E-state index in [1.54, 1.807) is 19.1 Å². The van der Waals surface area contributed by atoms with Gasteiger partial charge in [-0.25, -0.2) is 8.78 Å². The fourth-order valence-electron chi connectivity index (χ4n) is 3.56. The third kappa shape index (κ3) is 4.22. The third-order valence-corrected chi connectivity index (χ3v) is 5.39. The van der Waals surface area contributed by atoms with Crippen LogP contribution in [0.2, 0.25) is 0 Å². The van der Waals surface area contributed by atoms with Crippen LogP contribution in [0.3, 0.4) is 0 Å². The molecule has 2 aromatic carbocycles. The van der Waals surface area contributed by atoms with Crippen molar-refractivity contribution in [2.75, 3.05) is 0 Å². The maximum Gasteiger partial charge on any atom is 0.251 e. The lowest BCUT2D eigenvalue weighted by Gasteiger charge is -2.24. The van der Waals surface area contributed by atoms with E-state index >= 15 is 0 Å². The molecule has 1 aromatic heterocycles. The van der Waals surface area contributed by atoms with Gasteiger partial charge in [-0.1, -0.05) is 25.1 Å². The maximum atomic E-state index is 14.3. The third-order valence-electron chi connectivity index (χ3n) is 5.39. The Labute approximate surface area is 169 Å². The zero-order valence-electron chi connectivity index (χ0n) is 17.1. The molecule has 1 unspecified atom stereocenters. The first-order chi connectivity index (χ1) is 13.6. The molecule has 3 nitrogen and oxygen atoms in total. The Morgan fingerprint density at radius 3 is 2.41 bits per heavy atom.